The van der Waals surface area contributed by atoms with E-state index in [1.807, 2.05) is 31.3 Å². The minimum atomic E-state index is -0.0165. The Balaban J connectivity index is 0.00000162. The first-order valence-electron chi connectivity index (χ1n) is 5.47. The van der Waals surface area contributed by atoms with E-state index in [0.717, 1.165) is 21.7 Å². The summed E-state index contributed by atoms with van der Waals surface area (Å²) in [6.07, 6.45) is 0. The summed E-state index contributed by atoms with van der Waals surface area (Å²) in [5, 5.41) is 3.20. The van der Waals surface area contributed by atoms with Crippen LogP contribution in [0.25, 0.3) is 0 Å². The minimum absolute atomic E-state index is 0. The average molecular weight is 352 g/mol. The maximum atomic E-state index is 12.1. The summed E-state index contributed by atoms with van der Waals surface area (Å²) in [6, 6.07) is 8.03. The Kier molecular flexibility index (Phi) is 6.49. The van der Waals surface area contributed by atoms with Crippen molar-refractivity contribution in [3.8, 4) is 0 Å². The lowest BCUT2D eigenvalue weighted by Gasteiger charge is -2.21. The van der Waals surface area contributed by atoms with Gasteiger partial charge in [-0.2, -0.15) is 0 Å². The van der Waals surface area contributed by atoms with Crippen LogP contribution < -0.4 is 5.32 Å². The summed E-state index contributed by atoms with van der Waals surface area (Å²) < 4.78 is 1.05. The van der Waals surface area contributed by atoms with Crippen LogP contribution in [0.2, 0.25) is 0 Å². The highest BCUT2D eigenvalue weighted by Crippen LogP contribution is 2.15. The molecule has 1 amide bonds. The van der Waals surface area contributed by atoms with Crippen LogP contribution in [0.15, 0.2) is 28.7 Å². The van der Waals surface area contributed by atoms with Crippen LogP contribution in [0.5, 0.6) is 0 Å². The zero-order chi connectivity index (χ0) is 12.3. The van der Waals surface area contributed by atoms with Crippen molar-refractivity contribution in [2.45, 2.75) is 12.6 Å². The molecule has 0 saturated carbocycles. The Hall–Kier alpha value is -0.230. The summed E-state index contributed by atoms with van der Waals surface area (Å²) in [5.41, 5.74) is 1.14. The zero-order valence-electron chi connectivity index (χ0n) is 10.1. The van der Waals surface area contributed by atoms with E-state index in [2.05, 4.69) is 21.2 Å². The van der Waals surface area contributed by atoms with Crippen molar-refractivity contribution < 1.29 is 4.79 Å². The Labute approximate surface area is 126 Å². The quantitative estimate of drug-likeness (QED) is 0.908. The molecule has 2 rings (SSSR count). The molecule has 0 bridgehead atoms. The van der Waals surface area contributed by atoms with Crippen LogP contribution in [0.4, 0.5) is 0 Å². The molecule has 6 heteroatoms. The molecule has 18 heavy (non-hydrogen) atoms. The molecule has 1 fully saturated rings. The average Bonchev–Trinajstić information content (AvgIpc) is 2.81. The van der Waals surface area contributed by atoms with E-state index in [1.54, 1.807) is 16.7 Å². The van der Waals surface area contributed by atoms with Crippen LogP contribution in [-0.2, 0) is 11.3 Å². The van der Waals surface area contributed by atoms with Crippen LogP contribution in [-0.4, -0.2) is 35.5 Å². The third kappa shape index (κ3) is 4.16. The predicted molar refractivity (Wildman–Crippen MR) is 82.1 cm³/mol. The van der Waals surface area contributed by atoms with E-state index in [4.69, 9.17) is 0 Å². The number of carbonyl (C=O) groups excluding carboxylic acids is 1. The Morgan fingerprint density at radius 2 is 2.39 bits per heavy atom. The number of carbonyl (C=O) groups is 1. The molecular weight excluding hydrogens is 336 g/mol. The largest absolute Gasteiger partial charge is 0.340 e. The van der Waals surface area contributed by atoms with E-state index in [1.165, 1.54) is 0 Å². The van der Waals surface area contributed by atoms with Gasteiger partial charge in [-0.3, -0.25) is 10.1 Å². The van der Waals surface area contributed by atoms with Gasteiger partial charge in [0, 0.05) is 29.7 Å². The fraction of sp³-hybridized carbons (Fsp3) is 0.417. The fourth-order valence-electron chi connectivity index (χ4n) is 1.81. The van der Waals surface area contributed by atoms with Gasteiger partial charge in [0.15, 0.2) is 0 Å². The fourth-order valence-corrected chi connectivity index (χ4v) is 3.19. The van der Waals surface area contributed by atoms with E-state index < -0.39 is 0 Å². The molecule has 1 aromatic carbocycles. The maximum absolute atomic E-state index is 12.1. The first-order chi connectivity index (χ1) is 8.16. The molecule has 1 heterocycles. The van der Waals surface area contributed by atoms with Crippen LogP contribution >= 0.6 is 40.1 Å². The molecule has 0 radical (unpaired) electrons. The summed E-state index contributed by atoms with van der Waals surface area (Å²) >= 11 is 5.21. The first kappa shape index (κ1) is 15.8. The number of hydrogen-bond donors (Lipinski definition) is 1. The molecule has 3 nitrogen and oxygen atoms in total. The number of nitrogens with zero attached hydrogens (tertiary/aromatic N) is 1. The molecule has 1 unspecified atom stereocenters. The Bertz CT molecular complexity index is 413. The molecule has 100 valence electrons. The molecule has 1 atom stereocenters. The summed E-state index contributed by atoms with van der Waals surface area (Å²) in [5.74, 6) is 1.93. The normalized spacial score (nSPS) is 18.2. The van der Waals surface area contributed by atoms with Crippen molar-refractivity contribution in [1.82, 2.24) is 10.2 Å². The number of likely N-dealkylation sites (N-methyl/N-ethyl adjacent to an activating group) is 1. The first-order valence-corrected chi connectivity index (χ1v) is 7.42. The number of halogens is 2. The third-order valence-electron chi connectivity index (χ3n) is 2.70. The van der Waals surface area contributed by atoms with Gasteiger partial charge in [-0.1, -0.05) is 28.1 Å². The number of amides is 1. The van der Waals surface area contributed by atoms with Gasteiger partial charge < -0.3 is 4.90 Å². The number of hydrogen-bond acceptors (Lipinski definition) is 3. The van der Waals surface area contributed by atoms with Crippen LogP contribution in [0.1, 0.15) is 5.56 Å². The standard InChI is InChI=1S/C12H15BrN2OS.ClH/c1-15(12(16)11-7-17-8-14-11)6-9-3-2-4-10(13)5-9;/h2-5,11,14H,6-8H2,1H3;1H. The zero-order valence-corrected chi connectivity index (χ0v) is 13.3. The topological polar surface area (TPSA) is 32.3 Å². The second-order valence-corrected chi connectivity index (χ2v) is 6.04. The lowest BCUT2D eigenvalue weighted by atomic mass is 10.2. The van der Waals surface area contributed by atoms with Crippen molar-refractivity contribution in [2.75, 3.05) is 18.7 Å². The number of thioether (sulfide) groups is 1. The predicted octanol–water partition coefficient (Wildman–Crippen LogP) is 2.49. The van der Waals surface area contributed by atoms with Gasteiger partial charge in [-0.05, 0) is 17.7 Å². The van der Waals surface area contributed by atoms with Crippen molar-refractivity contribution in [3.63, 3.8) is 0 Å². The summed E-state index contributed by atoms with van der Waals surface area (Å²) in [6.45, 7) is 0.654. The third-order valence-corrected chi connectivity index (χ3v) is 4.13. The molecule has 1 aromatic rings. The smallest absolute Gasteiger partial charge is 0.240 e. The van der Waals surface area contributed by atoms with E-state index >= 15 is 0 Å². The summed E-state index contributed by atoms with van der Waals surface area (Å²) in [7, 11) is 1.86. The number of rotatable bonds is 3. The molecule has 1 N–H and O–H groups in total. The molecule has 1 saturated heterocycles. The van der Waals surface area contributed by atoms with Gasteiger partial charge in [0.25, 0.3) is 0 Å². The van der Waals surface area contributed by atoms with Gasteiger partial charge in [0.2, 0.25) is 5.91 Å². The van der Waals surface area contributed by atoms with Crippen LogP contribution in [0, 0.1) is 0 Å². The van der Waals surface area contributed by atoms with Gasteiger partial charge >= 0.3 is 0 Å². The monoisotopic (exact) mass is 350 g/mol. The van der Waals surface area contributed by atoms with Crippen molar-refractivity contribution >= 4 is 46.0 Å². The highest BCUT2D eigenvalue weighted by molar-refractivity contribution is 9.10. The van der Waals surface area contributed by atoms with Crippen molar-refractivity contribution in [1.29, 1.82) is 0 Å². The molecule has 1 aliphatic heterocycles. The van der Waals surface area contributed by atoms with Crippen molar-refractivity contribution in [2.24, 2.45) is 0 Å². The molecular formula is C12H16BrClN2OS. The molecule has 0 aromatic heterocycles. The highest BCUT2D eigenvalue weighted by atomic mass is 79.9. The van der Waals surface area contributed by atoms with Crippen LogP contribution in [0.3, 0.4) is 0 Å². The van der Waals surface area contributed by atoms with Gasteiger partial charge in [-0.25, -0.2) is 0 Å². The minimum Gasteiger partial charge on any atom is -0.340 e. The van der Waals surface area contributed by atoms with Gasteiger partial charge in [0.1, 0.15) is 0 Å². The second kappa shape index (κ2) is 7.38. The SMILES string of the molecule is CN(Cc1cccc(Br)c1)C(=O)C1CSCN1.Cl. The van der Waals surface area contributed by atoms with E-state index in [9.17, 15) is 4.79 Å². The Morgan fingerprint density at radius 1 is 1.61 bits per heavy atom. The highest BCUT2D eigenvalue weighted by Gasteiger charge is 2.25. The Morgan fingerprint density at radius 3 is 3.00 bits per heavy atom. The molecule has 0 aliphatic carbocycles. The number of benzene rings is 1. The molecule has 0 spiro atoms. The van der Waals surface area contributed by atoms with E-state index in [-0.39, 0.29) is 24.4 Å². The molecule has 1 aliphatic rings. The van der Waals surface area contributed by atoms with E-state index in [0.29, 0.717) is 6.54 Å². The lowest BCUT2D eigenvalue weighted by Crippen LogP contribution is -2.42. The maximum Gasteiger partial charge on any atom is 0.240 e. The summed E-state index contributed by atoms with van der Waals surface area (Å²) in [4.78, 5) is 13.9. The van der Waals surface area contributed by atoms with Crippen molar-refractivity contribution in [3.05, 3.63) is 34.3 Å². The lowest BCUT2D eigenvalue weighted by molar-refractivity contribution is -0.131. The number of nitrogens with one attached hydrogen (secondary N) is 1. The van der Waals surface area contributed by atoms with Gasteiger partial charge in [-0.15, -0.1) is 24.2 Å². The second-order valence-electron chi connectivity index (χ2n) is 4.10. The van der Waals surface area contributed by atoms with Gasteiger partial charge in [0.05, 0.1) is 6.04 Å².